The van der Waals surface area contributed by atoms with Crippen LogP contribution >= 0.6 is 0 Å². The van der Waals surface area contributed by atoms with Gasteiger partial charge in [0.2, 0.25) is 5.90 Å². The average Bonchev–Trinajstić information content (AvgIpc) is 3.36. The van der Waals surface area contributed by atoms with Crippen LogP contribution in [0, 0.1) is 12.7 Å². The van der Waals surface area contributed by atoms with Gasteiger partial charge in [-0.3, -0.25) is 4.79 Å². The van der Waals surface area contributed by atoms with Crippen LogP contribution in [0.1, 0.15) is 39.5 Å². The van der Waals surface area contributed by atoms with Crippen molar-refractivity contribution in [1.82, 2.24) is 10.3 Å². The number of carboxylic acids is 1. The predicted octanol–water partition coefficient (Wildman–Crippen LogP) is 3.77. The number of carboxylic acid groups (broad SMARTS) is 1. The number of nitrogens with zero attached hydrogens (tertiary/aromatic N) is 2. The lowest BCUT2D eigenvalue weighted by Gasteiger charge is -2.17. The van der Waals surface area contributed by atoms with E-state index < -0.39 is 23.7 Å². The van der Waals surface area contributed by atoms with Crippen LogP contribution < -0.4 is 10.6 Å². The van der Waals surface area contributed by atoms with Crippen LogP contribution in [-0.4, -0.2) is 53.1 Å². The van der Waals surface area contributed by atoms with Gasteiger partial charge in [0.15, 0.2) is 0 Å². The van der Waals surface area contributed by atoms with Gasteiger partial charge in [-0.25, -0.2) is 19.2 Å². The molecule has 4 rings (SSSR count). The summed E-state index contributed by atoms with van der Waals surface area (Å²) in [6.45, 7) is 4.50. The Balaban J connectivity index is 1.39. The quantitative estimate of drug-likeness (QED) is 0.387. The molecule has 0 bridgehead atoms. The molecule has 192 valence electrons. The largest absolute Gasteiger partial charge is 0.480 e. The number of hydrogen-bond acceptors (Lipinski definition) is 6. The summed E-state index contributed by atoms with van der Waals surface area (Å²) in [7, 11) is 0. The molecule has 0 saturated carbocycles. The number of hydrogen-bond donors (Lipinski definition) is 3. The van der Waals surface area contributed by atoms with E-state index in [1.807, 2.05) is 37.3 Å². The van der Waals surface area contributed by atoms with E-state index in [1.165, 1.54) is 12.1 Å². The van der Waals surface area contributed by atoms with E-state index in [1.54, 1.807) is 25.3 Å². The molecule has 0 radical (unpaired) electrons. The first kappa shape index (κ1) is 25.8. The number of aliphatic carboxylic acids is 1. The van der Waals surface area contributed by atoms with E-state index in [2.05, 4.69) is 20.6 Å². The van der Waals surface area contributed by atoms with Crippen molar-refractivity contribution >= 4 is 23.6 Å². The van der Waals surface area contributed by atoms with Gasteiger partial charge in [-0.2, -0.15) is 0 Å². The lowest BCUT2D eigenvalue weighted by Crippen LogP contribution is -2.42. The van der Waals surface area contributed by atoms with E-state index >= 15 is 0 Å². The van der Waals surface area contributed by atoms with Crippen molar-refractivity contribution in [2.75, 3.05) is 18.5 Å². The fourth-order valence-corrected chi connectivity index (χ4v) is 4.23. The third kappa shape index (κ3) is 6.49. The highest BCUT2D eigenvalue weighted by Crippen LogP contribution is 2.19. The number of benzene rings is 2. The standard InChI is InChI=1S/C28H29FN4O4/c1-3-19-14-21(29)12-17(2)25(19)26(34)33-23(28(35)36)13-18-7-9-20(10-8-18)27-32-22(16-37-27)15-31-24-6-4-5-11-30-24/h4-12,14,22-23H,3,13,15-16H2,1-2H3,(H,30,31)(H,33,34)(H,35,36). The molecule has 0 saturated heterocycles. The van der Waals surface area contributed by atoms with Crippen LogP contribution in [0.3, 0.4) is 0 Å². The van der Waals surface area contributed by atoms with Crippen molar-refractivity contribution in [3.8, 4) is 0 Å². The highest BCUT2D eigenvalue weighted by molar-refractivity contribution is 5.99. The molecular formula is C28H29FN4O4. The number of carbonyl (C=O) groups excluding carboxylic acids is 1. The molecule has 0 aliphatic carbocycles. The van der Waals surface area contributed by atoms with Gasteiger partial charge in [-0.15, -0.1) is 0 Å². The molecule has 1 amide bonds. The maximum absolute atomic E-state index is 13.8. The maximum Gasteiger partial charge on any atom is 0.326 e. The third-order valence-electron chi connectivity index (χ3n) is 6.13. The van der Waals surface area contributed by atoms with Gasteiger partial charge < -0.3 is 20.5 Å². The molecule has 2 heterocycles. The van der Waals surface area contributed by atoms with Crippen LogP contribution in [0.25, 0.3) is 0 Å². The van der Waals surface area contributed by atoms with Crippen molar-refractivity contribution < 1.29 is 23.8 Å². The number of amides is 1. The third-order valence-corrected chi connectivity index (χ3v) is 6.13. The Morgan fingerprint density at radius 3 is 2.65 bits per heavy atom. The fourth-order valence-electron chi connectivity index (χ4n) is 4.23. The number of rotatable bonds is 10. The summed E-state index contributed by atoms with van der Waals surface area (Å²) in [5.41, 5.74) is 2.83. The van der Waals surface area contributed by atoms with Gasteiger partial charge in [-0.05, 0) is 66.4 Å². The molecule has 1 aromatic heterocycles. The van der Waals surface area contributed by atoms with Crippen LogP contribution in [0.4, 0.5) is 10.2 Å². The zero-order chi connectivity index (χ0) is 26.4. The minimum Gasteiger partial charge on any atom is -0.480 e. The second-order valence-electron chi connectivity index (χ2n) is 8.87. The number of anilines is 1. The lowest BCUT2D eigenvalue weighted by molar-refractivity contribution is -0.139. The first-order valence-electron chi connectivity index (χ1n) is 12.1. The van der Waals surface area contributed by atoms with Crippen molar-refractivity contribution in [2.24, 2.45) is 4.99 Å². The smallest absolute Gasteiger partial charge is 0.326 e. The number of aromatic nitrogens is 1. The van der Waals surface area contributed by atoms with E-state index in [0.29, 0.717) is 42.2 Å². The summed E-state index contributed by atoms with van der Waals surface area (Å²) in [5, 5.41) is 15.6. The molecule has 0 fully saturated rings. The summed E-state index contributed by atoms with van der Waals surface area (Å²) in [6, 6.07) is 14.3. The van der Waals surface area contributed by atoms with Gasteiger partial charge in [-0.1, -0.05) is 25.1 Å². The van der Waals surface area contributed by atoms with Gasteiger partial charge >= 0.3 is 5.97 Å². The molecule has 2 unspecified atom stereocenters. The fraction of sp³-hybridized carbons (Fsp3) is 0.286. The van der Waals surface area contributed by atoms with E-state index in [0.717, 1.165) is 16.9 Å². The molecule has 9 heteroatoms. The van der Waals surface area contributed by atoms with Gasteiger partial charge in [0.05, 0.1) is 0 Å². The van der Waals surface area contributed by atoms with Crippen LogP contribution in [-0.2, 0) is 22.4 Å². The lowest BCUT2D eigenvalue weighted by atomic mass is 9.98. The number of halogens is 1. The van der Waals surface area contributed by atoms with E-state index in [-0.39, 0.29) is 12.5 Å². The molecule has 3 aromatic rings. The molecule has 1 aliphatic rings. The Morgan fingerprint density at radius 2 is 1.97 bits per heavy atom. The van der Waals surface area contributed by atoms with Crippen molar-refractivity contribution in [1.29, 1.82) is 0 Å². The Morgan fingerprint density at radius 1 is 1.19 bits per heavy atom. The summed E-state index contributed by atoms with van der Waals surface area (Å²) in [5.74, 6) is -0.802. The summed E-state index contributed by atoms with van der Waals surface area (Å²) in [6.07, 6.45) is 2.26. The SMILES string of the molecule is CCc1cc(F)cc(C)c1C(=O)NC(Cc1ccc(C2=NC(CNc3ccccn3)CO2)cc1)C(=O)O. The highest BCUT2D eigenvalue weighted by Gasteiger charge is 2.24. The molecule has 1 aliphatic heterocycles. The van der Waals surface area contributed by atoms with Gasteiger partial charge in [0.25, 0.3) is 5.91 Å². The Kier molecular flexibility index (Phi) is 8.12. The Labute approximate surface area is 214 Å². The first-order valence-corrected chi connectivity index (χ1v) is 12.1. The van der Waals surface area contributed by atoms with Crippen molar-refractivity contribution in [3.63, 3.8) is 0 Å². The normalized spacial score (nSPS) is 15.4. The van der Waals surface area contributed by atoms with E-state index in [9.17, 15) is 19.1 Å². The van der Waals surface area contributed by atoms with E-state index in [4.69, 9.17) is 4.74 Å². The summed E-state index contributed by atoms with van der Waals surface area (Å²) in [4.78, 5) is 33.7. The molecule has 2 atom stereocenters. The number of carbonyl (C=O) groups is 2. The molecule has 8 nitrogen and oxygen atoms in total. The van der Waals surface area contributed by atoms with Crippen molar-refractivity contribution in [2.45, 2.75) is 38.8 Å². The van der Waals surface area contributed by atoms with Crippen LogP contribution in [0.5, 0.6) is 0 Å². The predicted molar refractivity (Wildman–Crippen MR) is 139 cm³/mol. The number of nitrogens with one attached hydrogen (secondary N) is 2. The minimum absolute atomic E-state index is 0.0498. The number of pyridine rings is 1. The number of ether oxygens (including phenoxy) is 1. The first-order chi connectivity index (χ1) is 17.8. The minimum atomic E-state index is -1.15. The molecule has 0 spiro atoms. The maximum atomic E-state index is 13.8. The summed E-state index contributed by atoms with van der Waals surface area (Å²) >= 11 is 0. The summed E-state index contributed by atoms with van der Waals surface area (Å²) < 4.78 is 19.5. The van der Waals surface area contributed by atoms with Gasteiger partial charge in [0.1, 0.15) is 30.3 Å². The zero-order valence-corrected chi connectivity index (χ0v) is 20.7. The number of aliphatic imine (C=N–C) groups is 1. The van der Waals surface area contributed by atoms with Gasteiger partial charge in [0, 0.05) is 30.3 Å². The highest BCUT2D eigenvalue weighted by atomic mass is 19.1. The Hall–Kier alpha value is -4.27. The second-order valence-corrected chi connectivity index (χ2v) is 8.87. The molecule has 2 aromatic carbocycles. The number of aryl methyl sites for hydroxylation is 2. The molecular weight excluding hydrogens is 475 g/mol. The van der Waals surface area contributed by atoms with Crippen LogP contribution in [0.2, 0.25) is 0 Å². The molecule has 3 N–H and O–H groups in total. The monoisotopic (exact) mass is 504 g/mol. The Bertz CT molecular complexity index is 1300. The molecule has 37 heavy (non-hydrogen) atoms. The van der Waals surface area contributed by atoms with Crippen molar-refractivity contribution in [3.05, 3.63) is 94.4 Å². The second kappa shape index (κ2) is 11.6. The topological polar surface area (TPSA) is 113 Å². The van der Waals surface area contributed by atoms with Crippen LogP contribution in [0.15, 0.2) is 65.8 Å². The zero-order valence-electron chi connectivity index (χ0n) is 20.7. The average molecular weight is 505 g/mol.